The van der Waals surface area contributed by atoms with Crippen LogP contribution in [0.4, 0.5) is 0 Å². The monoisotopic (exact) mass is 271 g/mol. The highest BCUT2D eigenvalue weighted by Crippen LogP contribution is 2.51. The summed E-state index contributed by atoms with van der Waals surface area (Å²) in [6.45, 7) is 6.37. The first-order valence-electron chi connectivity index (χ1n) is 7.25. The molecule has 20 heavy (non-hydrogen) atoms. The van der Waals surface area contributed by atoms with Crippen LogP contribution in [0.25, 0.3) is 5.69 Å². The Kier molecular flexibility index (Phi) is 3.53. The fraction of sp³-hybridized carbons (Fsp3) is 0.533. The van der Waals surface area contributed by atoms with E-state index in [1.165, 1.54) is 12.8 Å². The highest BCUT2D eigenvalue weighted by atomic mass is 15.5. The zero-order valence-electron chi connectivity index (χ0n) is 12.1. The van der Waals surface area contributed by atoms with Gasteiger partial charge in [-0.15, -0.1) is 5.10 Å². The van der Waals surface area contributed by atoms with Gasteiger partial charge >= 0.3 is 0 Å². The molecule has 0 amide bonds. The summed E-state index contributed by atoms with van der Waals surface area (Å²) in [6.07, 6.45) is 2.67. The number of benzene rings is 1. The highest BCUT2D eigenvalue weighted by Gasteiger charge is 2.44. The summed E-state index contributed by atoms with van der Waals surface area (Å²) in [5, 5.41) is 15.5. The molecule has 1 aromatic carbocycles. The van der Waals surface area contributed by atoms with Gasteiger partial charge in [-0.05, 0) is 46.7 Å². The van der Waals surface area contributed by atoms with E-state index in [1.54, 1.807) is 4.68 Å². The molecule has 3 rings (SSSR count). The fourth-order valence-electron chi connectivity index (χ4n) is 2.63. The van der Waals surface area contributed by atoms with Gasteiger partial charge in [0, 0.05) is 6.54 Å². The van der Waals surface area contributed by atoms with Crippen LogP contribution in [-0.4, -0.2) is 26.8 Å². The third kappa shape index (κ3) is 2.58. The molecule has 5 nitrogen and oxygen atoms in total. The quantitative estimate of drug-likeness (QED) is 0.875. The molecule has 106 valence electrons. The lowest BCUT2D eigenvalue weighted by Gasteiger charge is -2.19. The van der Waals surface area contributed by atoms with E-state index in [1.807, 2.05) is 30.3 Å². The van der Waals surface area contributed by atoms with Crippen LogP contribution in [-0.2, 0) is 6.54 Å². The molecule has 0 radical (unpaired) electrons. The molecule has 1 aromatic heterocycles. The van der Waals surface area contributed by atoms with Gasteiger partial charge in [0.1, 0.15) is 0 Å². The molecule has 0 saturated heterocycles. The minimum absolute atomic E-state index is 0.505. The van der Waals surface area contributed by atoms with Crippen molar-refractivity contribution in [1.29, 1.82) is 0 Å². The summed E-state index contributed by atoms with van der Waals surface area (Å²) < 4.78 is 1.79. The van der Waals surface area contributed by atoms with Crippen LogP contribution in [0.3, 0.4) is 0 Å². The Hall–Kier alpha value is -1.75. The van der Waals surface area contributed by atoms with Gasteiger partial charge in [-0.1, -0.05) is 32.0 Å². The molecule has 1 aliphatic carbocycles. The second-order valence-electron chi connectivity index (χ2n) is 5.96. The zero-order chi connectivity index (χ0) is 14.0. The number of nitrogens with zero attached hydrogens (tertiary/aromatic N) is 4. The topological polar surface area (TPSA) is 55.6 Å². The van der Waals surface area contributed by atoms with Crippen molar-refractivity contribution in [1.82, 2.24) is 25.5 Å². The molecular weight excluding hydrogens is 250 g/mol. The summed E-state index contributed by atoms with van der Waals surface area (Å²) >= 11 is 0. The summed E-state index contributed by atoms with van der Waals surface area (Å²) in [6, 6.07) is 10.00. The SMILES string of the molecule is CC(C)C1(CNCc2nnnn2-c2ccccc2)CC1. The van der Waals surface area contributed by atoms with Gasteiger partial charge in [-0.25, -0.2) is 0 Å². The Bertz CT molecular complexity index is 557. The average Bonchev–Trinajstić information content (AvgIpc) is 3.11. The van der Waals surface area contributed by atoms with E-state index >= 15 is 0 Å². The third-order valence-corrected chi connectivity index (χ3v) is 4.41. The molecule has 2 aromatic rings. The number of para-hydroxylation sites is 1. The summed E-state index contributed by atoms with van der Waals surface area (Å²) in [5.74, 6) is 1.59. The molecule has 0 atom stereocenters. The summed E-state index contributed by atoms with van der Waals surface area (Å²) in [5.41, 5.74) is 1.50. The minimum Gasteiger partial charge on any atom is -0.309 e. The first-order chi connectivity index (χ1) is 9.71. The number of hydrogen-bond donors (Lipinski definition) is 1. The Morgan fingerprint density at radius 2 is 2.00 bits per heavy atom. The summed E-state index contributed by atoms with van der Waals surface area (Å²) in [7, 11) is 0. The van der Waals surface area contributed by atoms with Crippen molar-refractivity contribution in [3.05, 3.63) is 36.2 Å². The predicted molar refractivity (Wildman–Crippen MR) is 77.4 cm³/mol. The smallest absolute Gasteiger partial charge is 0.170 e. The molecule has 1 fully saturated rings. The number of rotatable bonds is 6. The maximum atomic E-state index is 4.12. The van der Waals surface area contributed by atoms with E-state index in [9.17, 15) is 0 Å². The number of hydrogen-bond acceptors (Lipinski definition) is 4. The number of nitrogens with one attached hydrogen (secondary N) is 1. The standard InChI is InChI=1S/C15H21N5/c1-12(2)15(8-9-15)11-16-10-14-17-18-19-20(14)13-6-4-3-5-7-13/h3-7,12,16H,8-11H2,1-2H3. The molecule has 1 N–H and O–H groups in total. The van der Waals surface area contributed by atoms with Crippen molar-refractivity contribution < 1.29 is 0 Å². The van der Waals surface area contributed by atoms with E-state index in [-0.39, 0.29) is 0 Å². The van der Waals surface area contributed by atoms with Crippen LogP contribution in [0.1, 0.15) is 32.5 Å². The minimum atomic E-state index is 0.505. The predicted octanol–water partition coefficient (Wildman–Crippen LogP) is 2.19. The molecule has 0 unspecified atom stereocenters. The van der Waals surface area contributed by atoms with Crippen molar-refractivity contribution >= 4 is 0 Å². The van der Waals surface area contributed by atoms with Crippen molar-refractivity contribution in [2.45, 2.75) is 33.2 Å². The van der Waals surface area contributed by atoms with Gasteiger partial charge in [0.05, 0.1) is 12.2 Å². The lowest BCUT2D eigenvalue weighted by Crippen LogP contribution is -2.28. The zero-order valence-corrected chi connectivity index (χ0v) is 12.1. The maximum absolute atomic E-state index is 4.12. The normalized spacial score (nSPS) is 16.6. The van der Waals surface area contributed by atoms with E-state index in [4.69, 9.17) is 0 Å². The van der Waals surface area contributed by atoms with E-state index < -0.39 is 0 Å². The molecule has 1 heterocycles. The van der Waals surface area contributed by atoms with Gasteiger partial charge in [0.2, 0.25) is 0 Å². The molecule has 1 saturated carbocycles. The second kappa shape index (κ2) is 5.32. The number of tetrazole rings is 1. The highest BCUT2D eigenvalue weighted by molar-refractivity contribution is 5.30. The van der Waals surface area contributed by atoms with Gasteiger partial charge in [-0.3, -0.25) is 0 Å². The lowest BCUT2D eigenvalue weighted by atomic mass is 9.92. The van der Waals surface area contributed by atoms with Crippen LogP contribution >= 0.6 is 0 Å². The first-order valence-corrected chi connectivity index (χ1v) is 7.25. The molecule has 5 heteroatoms. The molecule has 0 aliphatic heterocycles. The van der Waals surface area contributed by atoms with Crippen molar-refractivity contribution in [2.75, 3.05) is 6.54 Å². The average molecular weight is 271 g/mol. The van der Waals surface area contributed by atoms with Gasteiger partial charge in [0.25, 0.3) is 0 Å². The number of aromatic nitrogens is 4. The van der Waals surface area contributed by atoms with Crippen LogP contribution in [0.2, 0.25) is 0 Å². The van der Waals surface area contributed by atoms with Crippen LogP contribution in [0, 0.1) is 11.3 Å². The van der Waals surface area contributed by atoms with Crippen LogP contribution < -0.4 is 5.32 Å². The fourth-order valence-corrected chi connectivity index (χ4v) is 2.63. The largest absolute Gasteiger partial charge is 0.309 e. The van der Waals surface area contributed by atoms with Crippen molar-refractivity contribution in [2.24, 2.45) is 11.3 Å². The van der Waals surface area contributed by atoms with E-state index in [0.717, 1.165) is 24.0 Å². The molecule has 0 bridgehead atoms. The van der Waals surface area contributed by atoms with Gasteiger partial charge in [-0.2, -0.15) is 4.68 Å². The Morgan fingerprint density at radius 1 is 1.25 bits per heavy atom. The van der Waals surface area contributed by atoms with Crippen LogP contribution in [0.5, 0.6) is 0 Å². The first kappa shape index (κ1) is 13.2. The lowest BCUT2D eigenvalue weighted by molar-refractivity contribution is 0.336. The Labute approximate surface area is 119 Å². The second-order valence-corrected chi connectivity index (χ2v) is 5.96. The molecular formula is C15H21N5. The third-order valence-electron chi connectivity index (χ3n) is 4.41. The van der Waals surface area contributed by atoms with Crippen LogP contribution in [0.15, 0.2) is 30.3 Å². The van der Waals surface area contributed by atoms with Crippen molar-refractivity contribution in [3.8, 4) is 5.69 Å². The Balaban J connectivity index is 1.63. The Morgan fingerprint density at radius 3 is 2.65 bits per heavy atom. The summed E-state index contributed by atoms with van der Waals surface area (Å²) in [4.78, 5) is 0. The maximum Gasteiger partial charge on any atom is 0.170 e. The van der Waals surface area contributed by atoms with E-state index in [2.05, 4.69) is 34.7 Å². The van der Waals surface area contributed by atoms with Crippen molar-refractivity contribution in [3.63, 3.8) is 0 Å². The van der Waals surface area contributed by atoms with E-state index in [0.29, 0.717) is 12.0 Å². The van der Waals surface area contributed by atoms with Gasteiger partial charge < -0.3 is 5.32 Å². The van der Waals surface area contributed by atoms with Gasteiger partial charge in [0.15, 0.2) is 5.82 Å². The molecule has 1 aliphatic rings. The molecule has 0 spiro atoms.